The number of carbonyl (C=O) groups is 2. The molecule has 1 aliphatic rings. The Hall–Kier alpha value is -7.70. The van der Waals surface area contributed by atoms with Gasteiger partial charge in [0, 0.05) is 51.7 Å². The molecule has 6 heteroatoms. The van der Waals surface area contributed by atoms with Gasteiger partial charge in [-0.3, -0.25) is 0 Å². The van der Waals surface area contributed by atoms with Crippen molar-refractivity contribution in [2.75, 3.05) is 9.80 Å². The molecule has 9 rings (SSSR count). The molecule has 0 radical (unpaired) electrons. The smallest absolute Gasteiger partial charge is 0.335 e. The Morgan fingerprint density at radius 2 is 0.797 bits per heavy atom. The topological polar surface area (TPSA) is 59.1 Å². The number of fused-ring (bicyclic) bond motifs is 5. The van der Waals surface area contributed by atoms with Gasteiger partial charge in [-0.1, -0.05) is 99.8 Å². The van der Waals surface area contributed by atoms with E-state index in [9.17, 15) is 9.59 Å². The van der Waals surface area contributed by atoms with Gasteiger partial charge in [-0.15, -0.1) is 0 Å². The maximum atomic E-state index is 11.9. The van der Waals surface area contributed by atoms with Gasteiger partial charge in [-0.2, -0.15) is 0 Å². The molecule has 8 aromatic rings. The fourth-order valence-electron chi connectivity index (χ4n) is 8.18. The molecule has 0 N–H and O–H groups in total. The Bertz CT molecular complexity index is 2810. The summed E-state index contributed by atoms with van der Waals surface area (Å²) in [6.07, 6.45) is 2.31. The van der Waals surface area contributed by atoms with Crippen LogP contribution in [0.5, 0.6) is 11.5 Å². The zero-order chi connectivity index (χ0) is 40.7. The van der Waals surface area contributed by atoms with Crippen molar-refractivity contribution < 1.29 is 19.1 Å². The van der Waals surface area contributed by atoms with Crippen LogP contribution >= 0.6 is 0 Å². The molecule has 0 saturated carbocycles. The molecule has 8 aromatic carbocycles. The first-order valence-corrected chi connectivity index (χ1v) is 19.5. The third kappa shape index (κ3) is 6.91. The molecule has 0 unspecified atom stereocenters. The molecule has 0 amide bonds. The van der Waals surface area contributed by atoms with Crippen LogP contribution in [0, 0.1) is 0 Å². The third-order valence-corrected chi connectivity index (χ3v) is 11.1. The van der Waals surface area contributed by atoms with Crippen molar-refractivity contribution in [2.45, 2.75) is 19.3 Å². The Kier molecular flexibility index (Phi) is 9.38. The number of esters is 2. The summed E-state index contributed by atoms with van der Waals surface area (Å²) in [5, 5.41) is 3.85. The molecule has 0 atom stereocenters. The normalized spacial score (nSPS) is 12.3. The van der Waals surface area contributed by atoms with Crippen molar-refractivity contribution >= 4 is 67.6 Å². The van der Waals surface area contributed by atoms with E-state index in [-0.39, 0.29) is 5.41 Å². The maximum absolute atomic E-state index is 11.9. The summed E-state index contributed by atoms with van der Waals surface area (Å²) >= 11 is 0. The number of ether oxygens (including phenoxy) is 2. The van der Waals surface area contributed by atoms with Crippen LogP contribution in [0.25, 0.3) is 32.7 Å². The van der Waals surface area contributed by atoms with E-state index >= 15 is 0 Å². The Labute approximate surface area is 343 Å². The summed E-state index contributed by atoms with van der Waals surface area (Å²) in [6, 6.07) is 58.4. The zero-order valence-corrected chi connectivity index (χ0v) is 32.8. The Morgan fingerprint density at radius 3 is 1.22 bits per heavy atom. The van der Waals surface area contributed by atoms with Crippen LogP contribution in [0.15, 0.2) is 195 Å². The highest BCUT2D eigenvalue weighted by molar-refractivity contribution is 5.95. The molecular weight excluding hydrogens is 729 g/mol. The minimum atomic E-state index is -0.503. The predicted molar refractivity (Wildman–Crippen MR) is 240 cm³/mol. The molecule has 0 spiro atoms. The van der Waals surface area contributed by atoms with Gasteiger partial charge in [-0.25, -0.2) is 9.59 Å². The van der Waals surface area contributed by atoms with E-state index in [1.807, 2.05) is 48.5 Å². The molecule has 0 aromatic heterocycles. The molecule has 6 nitrogen and oxygen atoms in total. The second-order valence-corrected chi connectivity index (χ2v) is 15.1. The van der Waals surface area contributed by atoms with E-state index in [4.69, 9.17) is 9.47 Å². The molecular formula is C53H40N2O4. The van der Waals surface area contributed by atoms with Gasteiger partial charge in [0.2, 0.25) is 0 Å². The largest absolute Gasteiger partial charge is 0.423 e. The molecule has 0 bridgehead atoms. The van der Waals surface area contributed by atoms with E-state index in [0.717, 1.165) is 67.8 Å². The monoisotopic (exact) mass is 768 g/mol. The highest BCUT2D eigenvalue weighted by Gasteiger charge is 2.37. The van der Waals surface area contributed by atoms with E-state index in [1.165, 1.54) is 22.3 Å². The minimum absolute atomic E-state index is 0.313. The first-order chi connectivity index (χ1) is 28.7. The fraction of sp³-hybridized carbons (Fsp3) is 0.0566. The van der Waals surface area contributed by atoms with Crippen LogP contribution in [0.4, 0.5) is 34.1 Å². The first-order valence-electron chi connectivity index (χ1n) is 19.5. The number of carbonyl (C=O) groups excluding carboxylic acids is 2. The van der Waals surface area contributed by atoms with Crippen molar-refractivity contribution in [2.24, 2.45) is 0 Å². The average Bonchev–Trinajstić information content (AvgIpc) is 3.49. The Balaban J connectivity index is 1.15. The predicted octanol–water partition coefficient (Wildman–Crippen LogP) is 13.4. The number of hydrogen-bond acceptors (Lipinski definition) is 6. The second kappa shape index (κ2) is 15.0. The van der Waals surface area contributed by atoms with Crippen LogP contribution in [0.3, 0.4) is 0 Å². The molecule has 286 valence electrons. The van der Waals surface area contributed by atoms with Gasteiger partial charge in [0.15, 0.2) is 0 Å². The number of rotatable bonds is 10. The summed E-state index contributed by atoms with van der Waals surface area (Å²) in [6.45, 7) is 11.7. The van der Waals surface area contributed by atoms with E-state index < -0.39 is 11.9 Å². The summed E-state index contributed by atoms with van der Waals surface area (Å²) in [4.78, 5) is 28.5. The SMILES string of the molecule is C=CC(=O)Oc1ccc2cc(N(c3ccc4c(c3)C(C)(C)c3cc(N(c5ccccc5)c5ccccc5)ccc3-4)c3ccc4cc(OC(=O)C=C)ccc4c3)ccc2c1. The van der Waals surface area contributed by atoms with E-state index in [2.05, 4.69) is 146 Å². The fourth-order valence-corrected chi connectivity index (χ4v) is 8.18. The maximum Gasteiger partial charge on any atom is 0.335 e. The summed E-state index contributed by atoms with van der Waals surface area (Å²) in [5.41, 5.74) is 10.8. The average molecular weight is 769 g/mol. The lowest BCUT2D eigenvalue weighted by Crippen LogP contribution is -2.17. The van der Waals surface area contributed by atoms with Crippen LogP contribution < -0.4 is 19.3 Å². The van der Waals surface area contributed by atoms with Crippen LogP contribution in [-0.2, 0) is 15.0 Å². The third-order valence-electron chi connectivity index (χ3n) is 11.1. The summed E-state index contributed by atoms with van der Waals surface area (Å²) in [5.74, 6) is -0.0908. The minimum Gasteiger partial charge on any atom is -0.423 e. The van der Waals surface area contributed by atoms with Crippen LogP contribution in [-0.4, -0.2) is 11.9 Å². The standard InChI is InChI=1S/C53H40N2O4/c1-5-51(56)58-45-25-19-35-29-41(21-17-37(35)31-45)55(42-22-18-38-32-46(59-52(57)6-2)26-20-36(38)30-42)44-24-28-48-47-27-23-43(33-49(47)53(3,4)50(48)34-44)54(39-13-9-7-10-14-39)40-15-11-8-12-16-40/h5-34H,1-2H2,3-4H3. The summed E-state index contributed by atoms with van der Waals surface area (Å²) < 4.78 is 10.8. The van der Waals surface area contributed by atoms with E-state index in [1.54, 1.807) is 12.1 Å². The Morgan fingerprint density at radius 1 is 0.441 bits per heavy atom. The molecule has 0 saturated heterocycles. The van der Waals surface area contributed by atoms with E-state index in [0.29, 0.717) is 11.5 Å². The lowest BCUT2D eigenvalue weighted by Gasteiger charge is -2.29. The highest BCUT2D eigenvalue weighted by Crippen LogP contribution is 2.52. The number of para-hydroxylation sites is 2. The van der Waals surface area contributed by atoms with Crippen molar-refractivity contribution in [3.63, 3.8) is 0 Å². The van der Waals surface area contributed by atoms with Crippen molar-refractivity contribution in [1.29, 1.82) is 0 Å². The number of anilines is 6. The van der Waals surface area contributed by atoms with Crippen molar-refractivity contribution in [3.8, 4) is 22.6 Å². The molecule has 0 aliphatic heterocycles. The van der Waals surface area contributed by atoms with Gasteiger partial charge >= 0.3 is 11.9 Å². The van der Waals surface area contributed by atoms with Gasteiger partial charge in [0.1, 0.15) is 11.5 Å². The molecule has 1 aliphatic carbocycles. The zero-order valence-electron chi connectivity index (χ0n) is 32.8. The van der Waals surface area contributed by atoms with Crippen LogP contribution in [0.2, 0.25) is 0 Å². The lowest BCUT2D eigenvalue weighted by atomic mass is 9.82. The van der Waals surface area contributed by atoms with Crippen molar-refractivity contribution in [1.82, 2.24) is 0 Å². The van der Waals surface area contributed by atoms with Crippen LogP contribution in [0.1, 0.15) is 25.0 Å². The van der Waals surface area contributed by atoms with Crippen molar-refractivity contribution in [3.05, 3.63) is 206 Å². The van der Waals surface area contributed by atoms with Gasteiger partial charge in [0.25, 0.3) is 0 Å². The lowest BCUT2D eigenvalue weighted by molar-refractivity contribution is -0.129. The number of hydrogen-bond donors (Lipinski definition) is 0. The first kappa shape index (κ1) is 36.9. The van der Waals surface area contributed by atoms with Gasteiger partial charge in [0.05, 0.1) is 0 Å². The highest BCUT2D eigenvalue weighted by atomic mass is 16.5. The second-order valence-electron chi connectivity index (χ2n) is 15.1. The molecule has 0 heterocycles. The quantitative estimate of drug-likeness (QED) is 0.0784. The van der Waals surface area contributed by atoms with Gasteiger partial charge in [-0.05, 0) is 141 Å². The van der Waals surface area contributed by atoms with Gasteiger partial charge < -0.3 is 19.3 Å². The molecule has 59 heavy (non-hydrogen) atoms. The summed E-state index contributed by atoms with van der Waals surface area (Å²) in [7, 11) is 0. The molecule has 0 fully saturated rings. The number of benzene rings is 8. The number of nitrogens with zero attached hydrogens (tertiary/aromatic N) is 2.